The van der Waals surface area contributed by atoms with Gasteiger partial charge in [-0.2, -0.15) is 0 Å². The van der Waals surface area contributed by atoms with Gasteiger partial charge in [-0.3, -0.25) is 4.79 Å². The number of nitrogens with one attached hydrogen (secondary N) is 1. The first kappa shape index (κ1) is 16.2. The average molecular weight is 330 g/mol. The summed E-state index contributed by atoms with van der Waals surface area (Å²) in [5.74, 6) is 0.458. The van der Waals surface area contributed by atoms with E-state index < -0.39 is 5.97 Å². The van der Waals surface area contributed by atoms with Gasteiger partial charge in [-0.25, -0.2) is 14.4 Å². The van der Waals surface area contributed by atoms with Crippen LogP contribution < -0.4 is 10.2 Å². The van der Waals surface area contributed by atoms with Crippen molar-refractivity contribution in [2.75, 3.05) is 23.3 Å². The second-order valence-corrected chi connectivity index (χ2v) is 5.91. The minimum atomic E-state index is -0.768. The van der Waals surface area contributed by atoms with E-state index >= 15 is 0 Å². The highest BCUT2D eigenvalue weighted by molar-refractivity contribution is 5.71. The van der Waals surface area contributed by atoms with Crippen LogP contribution in [0.15, 0.2) is 30.3 Å². The molecule has 1 aliphatic heterocycles. The molecule has 3 rings (SSSR count). The summed E-state index contributed by atoms with van der Waals surface area (Å²) in [7, 11) is 0. The van der Waals surface area contributed by atoms with Crippen molar-refractivity contribution >= 4 is 23.3 Å². The summed E-state index contributed by atoms with van der Waals surface area (Å²) < 4.78 is 13.0. The van der Waals surface area contributed by atoms with Crippen molar-refractivity contribution in [1.82, 2.24) is 9.97 Å². The number of carbonyl (C=O) groups is 1. The van der Waals surface area contributed by atoms with E-state index in [1.165, 1.54) is 12.1 Å². The Kier molecular flexibility index (Phi) is 4.59. The lowest BCUT2D eigenvalue weighted by atomic mass is 9.98. The maximum atomic E-state index is 13.0. The highest BCUT2D eigenvalue weighted by Gasteiger charge is 2.26. The number of hydrogen-bond donors (Lipinski definition) is 2. The number of carboxylic acids is 1. The van der Waals surface area contributed by atoms with Gasteiger partial charge in [0.25, 0.3) is 0 Å². The number of aromatic nitrogens is 2. The largest absolute Gasteiger partial charge is 0.481 e. The molecule has 0 amide bonds. The molecule has 0 bridgehead atoms. The maximum absolute atomic E-state index is 13.0. The Morgan fingerprint density at radius 1 is 1.33 bits per heavy atom. The fourth-order valence-electron chi connectivity index (χ4n) is 2.85. The summed E-state index contributed by atoms with van der Waals surface area (Å²) >= 11 is 0. The number of piperidine rings is 1. The van der Waals surface area contributed by atoms with Gasteiger partial charge in [-0.05, 0) is 44.0 Å². The zero-order valence-corrected chi connectivity index (χ0v) is 13.4. The molecule has 0 saturated carbocycles. The van der Waals surface area contributed by atoms with Crippen LogP contribution in [-0.4, -0.2) is 34.1 Å². The molecule has 0 aliphatic carbocycles. The topological polar surface area (TPSA) is 78.4 Å². The van der Waals surface area contributed by atoms with E-state index in [9.17, 15) is 14.3 Å². The van der Waals surface area contributed by atoms with E-state index in [2.05, 4.69) is 15.3 Å². The summed E-state index contributed by atoms with van der Waals surface area (Å²) in [6, 6.07) is 7.81. The molecule has 0 radical (unpaired) electrons. The van der Waals surface area contributed by atoms with Crippen LogP contribution in [0.1, 0.15) is 18.7 Å². The molecular weight excluding hydrogens is 311 g/mol. The number of rotatable bonds is 4. The summed E-state index contributed by atoms with van der Waals surface area (Å²) in [6.07, 6.45) is 1.51. The molecule has 7 heteroatoms. The fourth-order valence-corrected chi connectivity index (χ4v) is 2.85. The lowest BCUT2D eigenvalue weighted by Gasteiger charge is -2.31. The second-order valence-electron chi connectivity index (χ2n) is 5.91. The van der Waals surface area contributed by atoms with Crippen molar-refractivity contribution in [1.29, 1.82) is 0 Å². The molecule has 2 heterocycles. The van der Waals surface area contributed by atoms with E-state index in [0.29, 0.717) is 30.4 Å². The van der Waals surface area contributed by atoms with Gasteiger partial charge in [0.1, 0.15) is 23.3 Å². The Balaban J connectivity index is 1.80. The van der Waals surface area contributed by atoms with Crippen molar-refractivity contribution in [2.24, 2.45) is 5.92 Å². The zero-order chi connectivity index (χ0) is 17.1. The van der Waals surface area contributed by atoms with Crippen LogP contribution in [0.3, 0.4) is 0 Å². The Labute approximate surface area is 139 Å². The first-order chi connectivity index (χ1) is 11.5. The first-order valence-electron chi connectivity index (χ1n) is 7.87. The van der Waals surface area contributed by atoms with Crippen LogP contribution in [0.2, 0.25) is 0 Å². The lowest BCUT2D eigenvalue weighted by Crippen LogP contribution is -2.39. The number of carboxylic acid groups (broad SMARTS) is 1. The molecule has 126 valence electrons. The Morgan fingerprint density at radius 3 is 2.79 bits per heavy atom. The summed E-state index contributed by atoms with van der Waals surface area (Å²) in [6.45, 7) is 3.01. The standard InChI is InChI=1S/C17H19FN4O2/c1-11-19-15(21-14-6-4-13(18)5-7-14)9-16(20-11)22-8-2-3-12(10-22)17(23)24/h4-7,9,12H,2-3,8,10H2,1H3,(H,23,24)(H,19,20,21). The number of aryl methyl sites for hydroxylation is 1. The summed E-state index contributed by atoms with van der Waals surface area (Å²) in [4.78, 5) is 22.0. The van der Waals surface area contributed by atoms with E-state index in [1.54, 1.807) is 25.1 Å². The van der Waals surface area contributed by atoms with Gasteiger partial charge >= 0.3 is 5.97 Å². The third-order valence-electron chi connectivity index (χ3n) is 4.04. The van der Waals surface area contributed by atoms with E-state index in [-0.39, 0.29) is 11.7 Å². The third kappa shape index (κ3) is 3.79. The fraction of sp³-hybridized carbons (Fsp3) is 0.353. The smallest absolute Gasteiger partial charge is 0.308 e. The lowest BCUT2D eigenvalue weighted by molar-refractivity contribution is -0.141. The van der Waals surface area contributed by atoms with Gasteiger partial charge in [0.2, 0.25) is 0 Å². The minimum absolute atomic E-state index is 0.298. The van der Waals surface area contributed by atoms with Crippen molar-refractivity contribution < 1.29 is 14.3 Å². The van der Waals surface area contributed by atoms with Gasteiger partial charge in [0, 0.05) is 24.8 Å². The summed E-state index contributed by atoms with van der Waals surface area (Å²) in [5, 5.41) is 12.4. The molecule has 1 aromatic heterocycles. The molecule has 1 aliphatic rings. The molecule has 1 unspecified atom stereocenters. The maximum Gasteiger partial charge on any atom is 0.308 e. The molecular formula is C17H19FN4O2. The van der Waals surface area contributed by atoms with Crippen LogP contribution in [-0.2, 0) is 4.79 Å². The van der Waals surface area contributed by atoms with Gasteiger partial charge in [-0.15, -0.1) is 0 Å². The quantitative estimate of drug-likeness (QED) is 0.897. The number of nitrogens with zero attached hydrogens (tertiary/aromatic N) is 3. The van der Waals surface area contributed by atoms with Gasteiger partial charge in [0.15, 0.2) is 0 Å². The summed E-state index contributed by atoms with van der Waals surface area (Å²) in [5.41, 5.74) is 0.725. The van der Waals surface area contributed by atoms with Crippen molar-refractivity contribution in [3.8, 4) is 0 Å². The van der Waals surface area contributed by atoms with E-state index in [0.717, 1.165) is 18.7 Å². The number of aliphatic carboxylic acids is 1. The Morgan fingerprint density at radius 2 is 2.08 bits per heavy atom. The van der Waals surface area contributed by atoms with E-state index in [1.807, 2.05) is 4.90 Å². The first-order valence-corrected chi connectivity index (χ1v) is 7.87. The van der Waals surface area contributed by atoms with Crippen LogP contribution in [0.25, 0.3) is 0 Å². The van der Waals surface area contributed by atoms with Crippen LogP contribution >= 0.6 is 0 Å². The molecule has 0 spiro atoms. The minimum Gasteiger partial charge on any atom is -0.481 e. The molecule has 2 aromatic rings. The molecule has 1 atom stereocenters. The average Bonchev–Trinajstić information content (AvgIpc) is 2.56. The molecule has 24 heavy (non-hydrogen) atoms. The Hall–Kier alpha value is -2.70. The number of anilines is 3. The van der Waals surface area contributed by atoms with Crippen molar-refractivity contribution in [3.63, 3.8) is 0 Å². The molecule has 1 aromatic carbocycles. The van der Waals surface area contributed by atoms with Crippen LogP contribution in [0.5, 0.6) is 0 Å². The highest BCUT2D eigenvalue weighted by Crippen LogP contribution is 2.25. The van der Waals surface area contributed by atoms with E-state index in [4.69, 9.17) is 0 Å². The number of halogens is 1. The highest BCUT2D eigenvalue weighted by atomic mass is 19.1. The van der Waals surface area contributed by atoms with Crippen molar-refractivity contribution in [3.05, 3.63) is 42.0 Å². The molecule has 1 saturated heterocycles. The monoisotopic (exact) mass is 330 g/mol. The molecule has 2 N–H and O–H groups in total. The number of benzene rings is 1. The van der Waals surface area contributed by atoms with Crippen molar-refractivity contribution in [2.45, 2.75) is 19.8 Å². The number of hydrogen-bond acceptors (Lipinski definition) is 5. The predicted octanol–water partition coefficient (Wildman–Crippen LogP) is 2.97. The normalized spacial score (nSPS) is 17.6. The molecule has 1 fully saturated rings. The van der Waals surface area contributed by atoms with Crippen LogP contribution in [0, 0.1) is 18.7 Å². The van der Waals surface area contributed by atoms with Crippen LogP contribution in [0.4, 0.5) is 21.7 Å². The SMILES string of the molecule is Cc1nc(Nc2ccc(F)cc2)cc(N2CCCC(C(=O)O)C2)n1. The van der Waals surface area contributed by atoms with Gasteiger partial charge < -0.3 is 15.3 Å². The Bertz CT molecular complexity index is 736. The van der Waals surface area contributed by atoms with Gasteiger partial charge in [0.05, 0.1) is 5.92 Å². The second kappa shape index (κ2) is 6.82. The predicted molar refractivity (Wildman–Crippen MR) is 89.0 cm³/mol. The molecule has 6 nitrogen and oxygen atoms in total. The third-order valence-corrected chi connectivity index (χ3v) is 4.04. The van der Waals surface area contributed by atoms with Gasteiger partial charge in [-0.1, -0.05) is 0 Å². The zero-order valence-electron chi connectivity index (χ0n) is 13.4.